The van der Waals surface area contributed by atoms with Gasteiger partial charge in [0.2, 0.25) is 5.91 Å². The Kier molecular flexibility index (Phi) is 7.21. The van der Waals surface area contributed by atoms with E-state index in [9.17, 15) is 22.8 Å². The number of ether oxygens (including phenoxy) is 1. The number of hydrogen-bond donors (Lipinski definition) is 1. The van der Waals surface area contributed by atoms with Crippen LogP contribution < -0.4 is 5.32 Å². The van der Waals surface area contributed by atoms with Crippen LogP contribution in [-0.2, 0) is 32.3 Å². The predicted molar refractivity (Wildman–Crippen MR) is 118 cm³/mol. The number of nitrogens with one attached hydrogen (secondary N) is 1. The molecule has 0 spiro atoms. The molecule has 4 nitrogen and oxygen atoms in total. The second-order valence-electron chi connectivity index (χ2n) is 7.81. The number of carbonyl (C=O) groups excluding carboxylic acids is 2. The first-order chi connectivity index (χ1) is 15.7. The van der Waals surface area contributed by atoms with Crippen molar-refractivity contribution in [3.8, 4) is 0 Å². The quantitative estimate of drug-likeness (QED) is 0.515. The van der Waals surface area contributed by atoms with Gasteiger partial charge >= 0.3 is 12.1 Å². The third-order valence-corrected chi connectivity index (χ3v) is 5.67. The van der Waals surface area contributed by atoms with Gasteiger partial charge in [0.05, 0.1) is 18.1 Å². The Balaban J connectivity index is 1.91. The lowest BCUT2D eigenvalue weighted by Gasteiger charge is -2.31. The SMILES string of the molecule is COC(=O)[C@H](Cc1ccc(C(F)(F)F)cc1)NC(=O)C(C)(c1ccccc1)c1ccccc1. The Morgan fingerprint density at radius 3 is 1.73 bits per heavy atom. The van der Waals surface area contributed by atoms with Crippen LogP contribution in [0.3, 0.4) is 0 Å². The van der Waals surface area contributed by atoms with Gasteiger partial charge in [-0.1, -0.05) is 72.8 Å². The maximum atomic E-state index is 13.6. The Morgan fingerprint density at radius 2 is 1.30 bits per heavy atom. The summed E-state index contributed by atoms with van der Waals surface area (Å²) in [5.74, 6) is -1.12. The topological polar surface area (TPSA) is 55.4 Å². The van der Waals surface area contributed by atoms with E-state index in [0.29, 0.717) is 5.56 Å². The van der Waals surface area contributed by atoms with Crippen LogP contribution in [0.5, 0.6) is 0 Å². The second kappa shape index (κ2) is 9.90. The monoisotopic (exact) mass is 455 g/mol. The van der Waals surface area contributed by atoms with E-state index < -0.39 is 35.1 Å². The van der Waals surface area contributed by atoms with Gasteiger partial charge in [-0.2, -0.15) is 13.2 Å². The van der Waals surface area contributed by atoms with Gasteiger partial charge in [0.25, 0.3) is 0 Å². The van der Waals surface area contributed by atoms with Crippen LogP contribution in [0.15, 0.2) is 84.9 Å². The molecule has 1 atom stereocenters. The van der Waals surface area contributed by atoms with E-state index in [0.717, 1.165) is 23.3 Å². The van der Waals surface area contributed by atoms with Crippen LogP contribution in [0.4, 0.5) is 13.2 Å². The van der Waals surface area contributed by atoms with Gasteiger partial charge in [-0.25, -0.2) is 4.79 Å². The van der Waals surface area contributed by atoms with Gasteiger partial charge < -0.3 is 10.1 Å². The molecule has 1 N–H and O–H groups in total. The molecule has 3 aromatic rings. The molecule has 33 heavy (non-hydrogen) atoms. The van der Waals surface area contributed by atoms with Crippen LogP contribution in [0.2, 0.25) is 0 Å². The molecule has 172 valence electrons. The molecule has 0 bridgehead atoms. The Morgan fingerprint density at radius 1 is 0.818 bits per heavy atom. The number of hydrogen-bond acceptors (Lipinski definition) is 3. The van der Waals surface area contributed by atoms with Crippen LogP contribution >= 0.6 is 0 Å². The molecule has 0 saturated heterocycles. The molecule has 0 unspecified atom stereocenters. The molecule has 1 amide bonds. The van der Waals surface area contributed by atoms with Gasteiger partial charge in [-0.05, 0) is 35.7 Å². The van der Waals surface area contributed by atoms with E-state index in [1.165, 1.54) is 19.2 Å². The van der Waals surface area contributed by atoms with E-state index in [2.05, 4.69) is 5.32 Å². The van der Waals surface area contributed by atoms with Crippen molar-refractivity contribution in [3.63, 3.8) is 0 Å². The van der Waals surface area contributed by atoms with Crippen molar-refractivity contribution in [1.29, 1.82) is 0 Å². The molecular weight excluding hydrogens is 431 g/mol. The maximum Gasteiger partial charge on any atom is 0.416 e. The number of methoxy groups -OCH3 is 1. The van der Waals surface area contributed by atoms with Gasteiger partial charge in [0.1, 0.15) is 6.04 Å². The van der Waals surface area contributed by atoms with Crippen LogP contribution in [0.1, 0.15) is 29.2 Å². The average Bonchev–Trinajstić information content (AvgIpc) is 2.83. The molecule has 0 heterocycles. The molecule has 0 fully saturated rings. The highest BCUT2D eigenvalue weighted by Gasteiger charge is 2.39. The third-order valence-electron chi connectivity index (χ3n) is 5.67. The fourth-order valence-electron chi connectivity index (χ4n) is 3.68. The number of alkyl halides is 3. The molecule has 7 heteroatoms. The number of amides is 1. The first-order valence-corrected chi connectivity index (χ1v) is 10.3. The highest BCUT2D eigenvalue weighted by molar-refractivity contribution is 5.94. The summed E-state index contributed by atoms with van der Waals surface area (Å²) in [7, 11) is 1.20. The van der Waals surface area contributed by atoms with E-state index in [4.69, 9.17) is 4.74 Å². The van der Waals surface area contributed by atoms with Crippen molar-refractivity contribution in [2.45, 2.75) is 31.0 Å². The van der Waals surface area contributed by atoms with Crippen molar-refractivity contribution >= 4 is 11.9 Å². The number of benzene rings is 3. The number of carbonyl (C=O) groups is 2. The van der Waals surface area contributed by atoms with Crippen molar-refractivity contribution in [2.24, 2.45) is 0 Å². The summed E-state index contributed by atoms with van der Waals surface area (Å²) < 4.78 is 43.4. The number of rotatable bonds is 7. The second-order valence-corrected chi connectivity index (χ2v) is 7.81. The lowest BCUT2D eigenvalue weighted by molar-refractivity contribution is -0.145. The van der Waals surface area contributed by atoms with Gasteiger partial charge in [-0.15, -0.1) is 0 Å². The largest absolute Gasteiger partial charge is 0.467 e. The zero-order valence-electron chi connectivity index (χ0n) is 18.2. The average molecular weight is 455 g/mol. The smallest absolute Gasteiger partial charge is 0.416 e. The minimum atomic E-state index is -4.46. The summed E-state index contributed by atoms with van der Waals surface area (Å²) in [5, 5.41) is 2.76. The standard InChI is InChI=1S/C26H24F3NO3/c1-25(19-9-5-3-6-10-19,20-11-7-4-8-12-20)24(32)30-22(23(31)33-2)17-18-13-15-21(16-14-18)26(27,28)29/h3-16,22H,17H2,1-2H3,(H,30,32)/t22-/m0/s1. The Hall–Kier alpha value is -3.61. The minimum absolute atomic E-state index is 0.0176. The Bertz CT molecular complexity index is 1040. The van der Waals surface area contributed by atoms with Crippen LogP contribution in [0.25, 0.3) is 0 Å². The molecular formula is C26H24F3NO3. The highest BCUT2D eigenvalue weighted by Crippen LogP contribution is 2.33. The van der Waals surface area contributed by atoms with Gasteiger partial charge in [0, 0.05) is 6.42 Å². The molecule has 0 aromatic heterocycles. The minimum Gasteiger partial charge on any atom is -0.467 e. The first kappa shape index (κ1) is 24.0. The third kappa shape index (κ3) is 5.42. The molecule has 0 radical (unpaired) electrons. The van der Waals surface area contributed by atoms with E-state index >= 15 is 0 Å². The van der Waals surface area contributed by atoms with E-state index in [1.54, 1.807) is 6.92 Å². The fraction of sp³-hybridized carbons (Fsp3) is 0.231. The van der Waals surface area contributed by atoms with Crippen molar-refractivity contribution in [3.05, 3.63) is 107 Å². The van der Waals surface area contributed by atoms with Crippen LogP contribution in [-0.4, -0.2) is 25.0 Å². The van der Waals surface area contributed by atoms with Crippen molar-refractivity contribution in [2.75, 3.05) is 7.11 Å². The molecule has 0 aliphatic rings. The zero-order valence-corrected chi connectivity index (χ0v) is 18.2. The molecule has 3 aromatic carbocycles. The molecule has 3 rings (SSSR count). The van der Waals surface area contributed by atoms with Crippen molar-refractivity contribution < 1.29 is 27.5 Å². The molecule has 0 saturated carbocycles. The molecule has 0 aliphatic carbocycles. The lowest BCUT2D eigenvalue weighted by Crippen LogP contribution is -2.51. The highest BCUT2D eigenvalue weighted by atomic mass is 19.4. The summed E-state index contributed by atoms with van der Waals surface area (Å²) in [6.45, 7) is 1.76. The van der Waals surface area contributed by atoms with Gasteiger partial charge in [-0.3, -0.25) is 4.79 Å². The molecule has 0 aliphatic heterocycles. The normalized spacial score (nSPS) is 12.6. The summed E-state index contributed by atoms with van der Waals surface area (Å²) in [6, 6.07) is 21.7. The van der Waals surface area contributed by atoms with E-state index in [1.807, 2.05) is 60.7 Å². The summed E-state index contributed by atoms with van der Waals surface area (Å²) in [5.41, 5.74) is 0.0127. The first-order valence-electron chi connectivity index (χ1n) is 10.3. The lowest BCUT2D eigenvalue weighted by atomic mass is 9.75. The summed E-state index contributed by atoms with van der Waals surface area (Å²) >= 11 is 0. The fourth-order valence-corrected chi connectivity index (χ4v) is 3.68. The Labute approximate surface area is 190 Å². The zero-order chi connectivity index (χ0) is 24.1. The van der Waals surface area contributed by atoms with E-state index in [-0.39, 0.29) is 6.42 Å². The maximum absolute atomic E-state index is 13.6. The van der Waals surface area contributed by atoms with Gasteiger partial charge in [0.15, 0.2) is 0 Å². The predicted octanol–water partition coefficient (Wildman–Crippen LogP) is 4.91. The number of esters is 1. The summed E-state index contributed by atoms with van der Waals surface area (Å²) in [6.07, 6.45) is -4.47. The number of halogens is 3. The van der Waals surface area contributed by atoms with Crippen molar-refractivity contribution in [1.82, 2.24) is 5.32 Å². The van der Waals surface area contributed by atoms with Crippen LogP contribution in [0, 0.1) is 0 Å². The summed E-state index contributed by atoms with van der Waals surface area (Å²) in [4.78, 5) is 26.1.